The number of aryl methyl sites for hydroxylation is 1. The van der Waals surface area contributed by atoms with Gasteiger partial charge in [-0.2, -0.15) is 0 Å². The zero-order valence-electron chi connectivity index (χ0n) is 13.2. The minimum atomic E-state index is -3.30. The van der Waals surface area contributed by atoms with Crippen molar-refractivity contribution in [2.24, 2.45) is 0 Å². The van der Waals surface area contributed by atoms with Crippen LogP contribution in [-0.4, -0.2) is 33.3 Å². The zero-order chi connectivity index (χ0) is 16.3. The summed E-state index contributed by atoms with van der Waals surface area (Å²) in [5, 5.41) is 5.58. The van der Waals surface area contributed by atoms with Crippen LogP contribution in [0.4, 0.5) is 16.2 Å². The van der Waals surface area contributed by atoms with E-state index in [4.69, 9.17) is 0 Å². The number of urea groups is 1. The Hall–Kier alpha value is -1.76. The molecule has 1 aliphatic heterocycles. The lowest BCUT2D eigenvalue weighted by atomic mass is 10.0. The maximum atomic E-state index is 11.9. The van der Waals surface area contributed by atoms with Crippen molar-refractivity contribution < 1.29 is 13.2 Å². The molecule has 0 radical (unpaired) electrons. The highest BCUT2D eigenvalue weighted by Crippen LogP contribution is 2.31. The molecule has 0 fully saturated rings. The topological polar surface area (TPSA) is 78.5 Å². The molecular weight excluding hydrogens is 302 g/mol. The van der Waals surface area contributed by atoms with Crippen molar-refractivity contribution in [3.8, 4) is 0 Å². The van der Waals surface area contributed by atoms with E-state index in [-0.39, 0.29) is 12.1 Å². The molecule has 22 heavy (non-hydrogen) atoms. The summed E-state index contributed by atoms with van der Waals surface area (Å²) >= 11 is 0. The van der Waals surface area contributed by atoms with Gasteiger partial charge in [-0.3, -0.25) is 4.31 Å². The van der Waals surface area contributed by atoms with E-state index in [0.29, 0.717) is 17.9 Å². The number of anilines is 2. The third-order valence-electron chi connectivity index (χ3n) is 3.81. The van der Waals surface area contributed by atoms with Gasteiger partial charge < -0.3 is 10.6 Å². The Bertz CT molecular complexity index is 658. The predicted molar refractivity (Wildman–Crippen MR) is 88.9 cm³/mol. The number of nitrogens with zero attached hydrogens (tertiary/aromatic N) is 1. The molecule has 0 spiro atoms. The van der Waals surface area contributed by atoms with E-state index >= 15 is 0 Å². The molecule has 1 atom stereocenters. The van der Waals surface area contributed by atoms with Crippen molar-refractivity contribution in [3.63, 3.8) is 0 Å². The lowest BCUT2D eigenvalue weighted by Gasteiger charge is -2.29. The fourth-order valence-electron chi connectivity index (χ4n) is 2.46. The Labute approximate surface area is 131 Å². The molecule has 0 saturated carbocycles. The molecule has 1 aliphatic rings. The van der Waals surface area contributed by atoms with E-state index < -0.39 is 10.0 Å². The van der Waals surface area contributed by atoms with Crippen LogP contribution < -0.4 is 14.9 Å². The number of carbonyl (C=O) groups excluding carboxylic acids is 1. The second-order valence-corrected chi connectivity index (χ2v) is 7.60. The van der Waals surface area contributed by atoms with Gasteiger partial charge in [-0.05, 0) is 43.9 Å². The summed E-state index contributed by atoms with van der Waals surface area (Å²) in [4.78, 5) is 11.9. The van der Waals surface area contributed by atoms with Crippen LogP contribution >= 0.6 is 0 Å². The van der Waals surface area contributed by atoms with Crippen molar-refractivity contribution >= 4 is 27.4 Å². The molecule has 2 rings (SSSR count). The van der Waals surface area contributed by atoms with E-state index in [2.05, 4.69) is 10.6 Å². The third kappa shape index (κ3) is 3.91. The number of hydrogen-bond donors (Lipinski definition) is 2. The van der Waals surface area contributed by atoms with Crippen molar-refractivity contribution in [2.75, 3.05) is 22.4 Å². The first kappa shape index (κ1) is 16.6. The third-order valence-corrected chi connectivity index (χ3v) is 4.99. The van der Waals surface area contributed by atoms with Crippen molar-refractivity contribution in [1.29, 1.82) is 0 Å². The molecule has 1 unspecified atom stereocenters. The molecular formula is C15H23N3O3S. The van der Waals surface area contributed by atoms with E-state index in [1.165, 1.54) is 10.6 Å². The number of sulfonamides is 1. The fourth-order valence-corrected chi connectivity index (χ4v) is 3.44. The molecule has 0 aromatic heterocycles. The van der Waals surface area contributed by atoms with Crippen LogP contribution in [0.3, 0.4) is 0 Å². The average Bonchev–Trinajstić information content (AvgIpc) is 2.45. The summed E-state index contributed by atoms with van der Waals surface area (Å²) in [6.45, 7) is 4.40. The predicted octanol–water partition coefficient (Wildman–Crippen LogP) is 2.32. The largest absolute Gasteiger partial charge is 0.335 e. The first-order valence-corrected chi connectivity index (χ1v) is 9.34. The van der Waals surface area contributed by atoms with Gasteiger partial charge >= 0.3 is 6.03 Å². The SMILES string of the molecule is CCC(C)NC(=O)Nc1ccc2c(c1)N(S(C)(=O)=O)CCC2. The molecule has 1 aromatic carbocycles. The Morgan fingerprint density at radius 3 is 2.77 bits per heavy atom. The molecule has 0 saturated heterocycles. The van der Waals surface area contributed by atoms with Crippen LogP contribution in [0.15, 0.2) is 18.2 Å². The van der Waals surface area contributed by atoms with E-state index in [9.17, 15) is 13.2 Å². The Morgan fingerprint density at radius 2 is 2.14 bits per heavy atom. The van der Waals surface area contributed by atoms with Crippen LogP contribution in [0.1, 0.15) is 32.3 Å². The molecule has 6 nitrogen and oxygen atoms in total. The molecule has 2 amide bonds. The van der Waals surface area contributed by atoms with Gasteiger partial charge in [-0.15, -0.1) is 0 Å². The zero-order valence-corrected chi connectivity index (χ0v) is 14.0. The van der Waals surface area contributed by atoms with Crippen LogP contribution in [0.25, 0.3) is 0 Å². The Kier molecular flexibility index (Phi) is 4.95. The van der Waals surface area contributed by atoms with E-state index in [0.717, 1.165) is 24.8 Å². The van der Waals surface area contributed by atoms with Crippen LogP contribution in [-0.2, 0) is 16.4 Å². The minimum absolute atomic E-state index is 0.0881. The monoisotopic (exact) mass is 325 g/mol. The quantitative estimate of drug-likeness (QED) is 0.891. The van der Waals surface area contributed by atoms with E-state index in [1.807, 2.05) is 19.9 Å². The second kappa shape index (κ2) is 6.56. The van der Waals surface area contributed by atoms with E-state index in [1.54, 1.807) is 12.1 Å². The number of rotatable bonds is 4. The molecule has 2 N–H and O–H groups in total. The summed E-state index contributed by atoms with van der Waals surface area (Å²) in [5.74, 6) is 0. The molecule has 0 bridgehead atoms. The number of fused-ring (bicyclic) bond motifs is 1. The number of nitrogens with one attached hydrogen (secondary N) is 2. The van der Waals surface area contributed by atoms with Crippen molar-refractivity contribution in [2.45, 2.75) is 39.2 Å². The van der Waals surface area contributed by atoms with Gasteiger partial charge in [-0.25, -0.2) is 13.2 Å². The summed E-state index contributed by atoms with van der Waals surface area (Å²) < 4.78 is 25.2. The van der Waals surface area contributed by atoms with Gasteiger partial charge in [0.05, 0.1) is 11.9 Å². The highest BCUT2D eigenvalue weighted by molar-refractivity contribution is 7.92. The molecule has 7 heteroatoms. The normalized spacial score (nSPS) is 15.9. The van der Waals surface area contributed by atoms with Gasteiger partial charge in [-0.1, -0.05) is 13.0 Å². The highest BCUT2D eigenvalue weighted by Gasteiger charge is 2.24. The summed E-state index contributed by atoms with van der Waals surface area (Å²) in [7, 11) is -3.30. The van der Waals surface area contributed by atoms with Gasteiger partial charge in [0.1, 0.15) is 0 Å². The van der Waals surface area contributed by atoms with Gasteiger partial charge in [0, 0.05) is 18.3 Å². The van der Waals surface area contributed by atoms with Gasteiger partial charge in [0.2, 0.25) is 10.0 Å². The molecule has 1 heterocycles. The van der Waals surface area contributed by atoms with Crippen molar-refractivity contribution in [1.82, 2.24) is 5.32 Å². The average molecular weight is 325 g/mol. The Morgan fingerprint density at radius 1 is 1.41 bits per heavy atom. The first-order chi connectivity index (χ1) is 10.3. The highest BCUT2D eigenvalue weighted by atomic mass is 32.2. The first-order valence-electron chi connectivity index (χ1n) is 7.49. The smallest absolute Gasteiger partial charge is 0.319 e. The number of amides is 2. The Balaban J connectivity index is 2.21. The van der Waals surface area contributed by atoms with Crippen molar-refractivity contribution in [3.05, 3.63) is 23.8 Å². The molecule has 1 aromatic rings. The maximum Gasteiger partial charge on any atom is 0.319 e. The lowest BCUT2D eigenvalue weighted by molar-refractivity contribution is 0.249. The summed E-state index contributed by atoms with van der Waals surface area (Å²) in [5.41, 5.74) is 2.25. The second-order valence-electron chi connectivity index (χ2n) is 5.69. The van der Waals surface area contributed by atoms with Crippen LogP contribution in [0.5, 0.6) is 0 Å². The fraction of sp³-hybridized carbons (Fsp3) is 0.533. The number of hydrogen-bond acceptors (Lipinski definition) is 3. The van der Waals surface area contributed by atoms with Crippen LogP contribution in [0, 0.1) is 0 Å². The standard InChI is InChI=1S/C15H23N3O3S/c1-4-11(2)16-15(19)17-13-8-7-12-6-5-9-18(14(12)10-13)22(3,20)21/h7-8,10-11H,4-6,9H2,1-3H3,(H2,16,17,19). The number of benzene rings is 1. The van der Waals surface area contributed by atoms with Gasteiger partial charge in [0.15, 0.2) is 0 Å². The molecule has 0 aliphatic carbocycles. The lowest BCUT2D eigenvalue weighted by Crippen LogP contribution is -2.36. The molecule has 122 valence electrons. The summed E-state index contributed by atoms with van der Waals surface area (Å²) in [6.07, 6.45) is 3.71. The maximum absolute atomic E-state index is 11.9. The van der Waals surface area contributed by atoms with Crippen LogP contribution in [0.2, 0.25) is 0 Å². The summed E-state index contributed by atoms with van der Waals surface area (Å²) in [6, 6.07) is 5.22. The minimum Gasteiger partial charge on any atom is -0.335 e. The van der Waals surface area contributed by atoms with Gasteiger partial charge in [0.25, 0.3) is 0 Å². The number of carbonyl (C=O) groups is 1.